The number of rotatable bonds is 6. The van der Waals surface area contributed by atoms with Gasteiger partial charge in [0.1, 0.15) is 11.6 Å². The van der Waals surface area contributed by atoms with Crippen molar-refractivity contribution in [1.29, 1.82) is 0 Å². The van der Waals surface area contributed by atoms with Crippen molar-refractivity contribution in [3.63, 3.8) is 0 Å². The van der Waals surface area contributed by atoms with Crippen LogP contribution in [0, 0.1) is 0 Å². The molecular formula is C21H31NO6Si. The summed E-state index contributed by atoms with van der Waals surface area (Å²) in [5.41, 5.74) is -0.204. The number of hydrogen-bond donors (Lipinski definition) is 0. The Hall–Kier alpha value is -2.19. The van der Waals surface area contributed by atoms with Crippen molar-refractivity contribution >= 4 is 26.5 Å². The molecule has 0 bridgehead atoms. The van der Waals surface area contributed by atoms with Crippen molar-refractivity contribution in [1.82, 2.24) is 4.90 Å². The lowest BCUT2D eigenvalue weighted by Crippen LogP contribution is -2.58. The van der Waals surface area contributed by atoms with Gasteiger partial charge < -0.3 is 13.9 Å². The number of imide groups is 1. The molecule has 1 saturated heterocycles. The number of carbonyl (C=O) groups excluding carboxylic acids is 3. The number of nitrogens with zero attached hydrogens (tertiary/aromatic N) is 1. The maximum absolute atomic E-state index is 12.9. The molecule has 0 N–H and O–H groups in total. The van der Waals surface area contributed by atoms with Crippen LogP contribution in [-0.2, 0) is 18.7 Å². The summed E-state index contributed by atoms with van der Waals surface area (Å²) in [5, 5.41) is 0. The molecule has 1 aromatic carbocycles. The van der Waals surface area contributed by atoms with Gasteiger partial charge in [-0.3, -0.25) is 0 Å². The normalized spacial score (nSPS) is 20.4. The first-order valence-electron chi connectivity index (χ1n) is 10.1. The Bertz CT molecular complexity index is 733. The van der Waals surface area contributed by atoms with Crippen molar-refractivity contribution < 1.29 is 28.3 Å². The van der Waals surface area contributed by atoms with E-state index in [1.165, 1.54) is 0 Å². The van der Waals surface area contributed by atoms with Crippen LogP contribution < -0.4 is 0 Å². The number of amides is 2. The van der Waals surface area contributed by atoms with Crippen LogP contribution >= 0.6 is 0 Å². The zero-order valence-electron chi connectivity index (χ0n) is 18.1. The van der Waals surface area contributed by atoms with Gasteiger partial charge in [-0.25, -0.2) is 19.3 Å². The van der Waals surface area contributed by atoms with Crippen LogP contribution in [0.3, 0.4) is 0 Å². The molecule has 160 valence electrons. The zero-order valence-corrected chi connectivity index (χ0v) is 19.1. The molecule has 0 aromatic heterocycles. The Morgan fingerprint density at radius 2 is 1.62 bits per heavy atom. The highest BCUT2D eigenvalue weighted by molar-refractivity contribution is 6.73. The fraction of sp³-hybridized carbons (Fsp3) is 0.571. The first-order valence-corrected chi connectivity index (χ1v) is 12.6. The van der Waals surface area contributed by atoms with E-state index in [0.717, 1.165) is 23.0 Å². The average Bonchev–Trinajstić information content (AvgIpc) is 2.66. The van der Waals surface area contributed by atoms with Gasteiger partial charge in [0.2, 0.25) is 0 Å². The molecule has 2 rings (SSSR count). The molecule has 0 radical (unpaired) electrons. The smallest absolute Gasteiger partial charge is 0.427 e. The predicted molar refractivity (Wildman–Crippen MR) is 111 cm³/mol. The molecule has 0 spiro atoms. The summed E-state index contributed by atoms with van der Waals surface area (Å²) in [4.78, 5) is 39.1. The number of cyclic esters (lactones) is 2. The van der Waals surface area contributed by atoms with Gasteiger partial charge >= 0.3 is 18.2 Å². The monoisotopic (exact) mass is 421 g/mol. The van der Waals surface area contributed by atoms with Crippen molar-refractivity contribution in [3.8, 4) is 0 Å². The van der Waals surface area contributed by atoms with Gasteiger partial charge in [0.25, 0.3) is 0 Å². The van der Waals surface area contributed by atoms with Crippen molar-refractivity contribution in [2.75, 3.05) is 0 Å². The Balaban J connectivity index is 2.53. The molecule has 1 fully saturated rings. The van der Waals surface area contributed by atoms with Crippen LogP contribution in [0.1, 0.15) is 53.1 Å². The largest absolute Gasteiger partial charge is 0.443 e. The quantitative estimate of drug-likeness (QED) is 0.364. The Morgan fingerprint density at radius 3 is 2.10 bits per heavy atom. The van der Waals surface area contributed by atoms with E-state index in [0.29, 0.717) is 5.56 Å². The summed E-state index contributed by atoms with van der Waals surface area (Å²) in [5.74, 6) is -0.768. The van der Waals surface area contributed by atoms with Gasteiger partial charge in [-0.15, -0.1) is 0 Å². The number of benzene rings is 1. The summed E-state index contributed by atoms with van der Waals surface area (Å²) in [6, 6.07) is 10.4. The molecule has 2 atom stereocenters. The lowest BCUT2D eigenvalue weighted by Gasteiger charge is -2.42. The summed E-state index contributed by atoms with van der Waals surface area (Å²) in [7, 11) is -2.25. The van der Waals surface area contributed by atoms with Crippen molar-refractivity contribution in [3.05, 3.63) is 35.9 Å². The van der Waals surface area contributed by atoms with E-state index >= 15 is 0 Å². The van der Waals surface area contributed by atoms with Crippen molar-refractivity contribution in [2.45, 2.75) is 77.4 Å². The van der Waals surface area contributed by atoms with E-state index in [1.54, 1.807) is 45.0 Å². The summed E-state index contributed by atoms with van der Waals surface area (Å²) in [6.45, 7) is 11.3. The fourth-order valence-electron chi connectivity index (χ4n) is 3.43. The molecule has 2 amide bonds. The average molecular weight is 422 g/mol. The Labute approximate surface area is 173 Å². The molecule has 8 heteroatoms. The molecule has 1 aliphatic rings. The number of ether oxygens (including phenoxy) is 2. The molecule has 29 heavy (non-hydrogen) atoms. The summed E-state index contributed by atoms with van der Waals surface area (Å²) >= 11 is 0. The Morgan fingerprint density at radius 1 is 1.07 bits per heavy atom. The van der Waals surface area contributed by atoms with Crippen molar-refractivity contribution in [2.24, 2.45) is 0 Å². The van der Waals surface area contributed by atoms with E-state index in [1.807, 2.05) is 26.8 Å². The van der Waals surface area contributed by atoms with E-state index < -0.39 is 44.2 Å². The molecule has 7 nitrogen and oxygen atoms in total. The third kappa shape index (κ3) is 5.25. The zero-order chi connectivity index (χ0) is 21.8. The second-order valence-corrected chi connectivity index (χ2v) is 12.9. The molecule has 0 aliphatic carbocycles. The van der Waals surface area contributed by atoms with Crippen LogP contribution in [0.15, 0.2) is 30.3 Å². The summed E-state index contributed by atoms with van der Waals surface area (Å²) < 4.78 is 16.8. The second kappa shape index (κ2) is 9.09. The topological polar surface area (TPSA) is 82.1 Å². The van der Waals surface area contributed by atoms with Gasteiger partial charge in [0.05, 0.1) is 0 Å². The van der Waals surface area contributed by atoms with Crippen LogP contribution in [0.4, 0.5) is 9.59 Å². The predicted octanol–water partition coefficient (Wildman–Crippen LogP) is 5.03. The molecule has 1 aromatic rings. The number of carbonyl (C=O) groups is 3. The van der Waals surface area contributed by atoms with E-state index in [2.05, 4.69) is 0 Å². The molecular weight excluding hydrogens is 390 g/mol. The van der Waals surface area contributed by atoms with E-state index in [-0.39, 0.29) is 0 Å². The van der Waals surface area contributed by atoms with Crippen LogP contribution in [0.25, 0.3) is 0 Å². The minimum atomic E-state index is -2.25. The third-order valence-corrected chi connectivity index (χ3v) is 9.84. The van der Waals surface area contributed by atoms with Crippen LogP contribution in [0.2, 0.25) is 18.1 Å². The highest BCUT2D eigenvalue weighted by Gasteiger charge is 2.51. The first kappa shape index (κ1) is 23.1. The molecule has 1 heterocycles. The Kier molecular flexibility index (Phi) is 7.23. The van der Waals surface area contributed by atoms with Gasteiger partial charge in [0, 0.05) is 0 Å². The molecule has 0 unspecified atom stereocenters. The lowest BCUT2D eigenvalue weighted by atomic mass is 9.99. The third-order valence-electron chi connectivity index (χ3n) is 5.22. The maximum atomic E-state index is 12.9. The standard InChI is InChI=1S/C21H31NO6Si/c1-7-29(8-2,9-3)28-17-16(15-13-11-10-12-14-15)22(19(24)26-18(17)23)20(25)27-21(4,5)6/h10-14,16-17H,7-9H2,1-6H3/t16-,17+/m0/s1. The van der Waals surface area contributed by atoms with Gasteiger partial charge in [-0.2, -0.15) is 0 Å². The van der Waals surface area contributed by atoms with Crippen LogP contribution in [0.5, 0.6) is 0 Å². The fourth-order valence-corrected chi connectivity index (χ4v) is 6.19. The van der Waals surface area contributed by atoms with Gasteiger partial charge in [0.15, 0.2) is 14.4 Å². The molecule has 1 aliphatic heterocycles. The second-order valence-electron chi connectivity index (χ2n) is 8.17. The molecule has 0 saturated carbocycles. The SMILES string of the molecule is CC[Si](CC)(CC)O[C@H]1C(=O)OC(=O)N(C(=O)OC(C)(C)C)[C@H]1c1ccccc1. The van der Waals surface area contributed by atoms with E-state index in [4.69, 9.17) is 13.9 Å². The number of esters is 1. The van der Waals surface area contributed by atoms with Gasteiger partial charge in [-0.05, 0) is 44.5 Å². The lowest BCUT2D eigenvalue weighted by molar-refractivity contribution is -0.156. The highest BCUT2D eigenvalue weighted by Crippen LogP contribution is 2.36. The summed E-state index contributed by atoms with van der Waals surface area (Å²) in [6.07, 6.45) is -3.00. The number of hydrogen-bond acceptors (Lipinski definition) is 6. The minimum absolute atomic E-state index is 0.611. The van der Waals surface area contributed by atoms with E-state index in [9.17, 15) is 14.4 Å². The first-order chi connectivity index (χ1) is 13.6. The maximum Gasteiger partial charge on any atom is 0.427 e. The van der Waals surface area contributed by atoms with Crippen LogP contribution in [-0.4, -0.2) is 43.1 Å². The van der Waals surface area contributed by atoms with Gasteiger partial charge in [-0.1, -0.05) is 51.1 Å². The highest BCUT2D eigenvalue weighted by atomic mass is 28.4. The minimum Gasteiger partial charge on any atom is -0.443 e.